The minimum Gasteiger partial charge on any atom is -0.494 e. The Labute approximate surface area is 229 Å². The third-order valence-electron chi connectivity index (χ3n) is 8.52. The zero-order chi connectivity index (χ0) is 27.7. The number of hydrogen-bond acceptors (Lipinski definition) is 5. The molecule has 39 heavy (non-hydrogen) atoms. The number of fused-ring (bicyclic) bond motifs is 5. The number of carbonyl (C=O) groups excluding carboxylic acids is 3. The van der Waals surface area contributed by atoms with E-state index in [0.717, 1.165) is 16.8 Å². The largest absolute Gasteiger partial charge is 0.494 e. The van der Waals surface area contributed by atoms with Gasteiger partial charge in [0.15, 0.2) is 17.3 Å². The van der Waals surface area contributed by atoms with Gasteiger partial charge in [-0.1, -0.05) is 87.0 Å². The first-order valence-electron chi connectivity index (χ1n) is 13.6. The Kier molecular flexibility index (Phi) is 5.69. The second-order valence-corrected chi connectivity index (χ2v) is 11.9. The molecule has 0 unspecified atom stereocenters. The molecule has 0 N–H and O–H groups in total. The van der Waals surface area contributed by atoms with E-state index in [-0.39, 0.29) is 17.3 Å². The topological polar surface area (TPSA) is 63.7 Å². The molecule has 5 nitrogen and oxygen atoms in total. The smallest absolute Gasteiger partial charge is 0.180 e. The monoisotopic (exact) mass is 519 g/mol. The molecule has 1 aliphatic carbocycles. The van der Waals surface area contributed by atoms with Crippen molar-refractivity contribution in [2.45, 2.75) is 52.6 Å². The summed E-state index contributed by atoms with van der Waals surface area (Å²) < 4.78 is 6.08. The Morgan fingerprint density at radius 1 is 0.949 bits per heavy atom. The van der Waals surface area contributed by atoms with Gasteiger partial charge in [-0.25, -0.2) is 0 Å². The third kappa shape index (κ3) is 3.42. The van der Waals surface area contributed by atoms with Crippen molar-refractivity contribution in [2.24, 2.45) is 10.8 Å². The molecule has 3 aromatic carbocycles. The Morgan fingerprint density at radius 2 is 1.59 bits per heavy atom. The van der Waals surface area contributed by atoms with Gasteiger partial charge in [0.1, 0.15) is 11.2 Å². The summed E-state index contributed by atoms with van der Waals surface area (Å²) in [6, 6.07) is 19.4. The van der Waals surface area contributed by atoms with Crippen molar-refractivity contribution in [1.29, 1.82) is 0 Å². The quantitative estimate of drug-likeness (QED) is 0.371. The number of Topliss-reactive ketones (excluding diaryl/α,β-unsaturated/α-hetero) is 3. The molecule has 3 aromatic rings. The number of hydrogen-bond donors (Lipinski definition) is 0. The van der Waals surface area contributed by atoms with Crippen LogP contribution in [0.2, 0.25) is 0 Å². The molecule has 1 fully saturated rings. The Balaban J connectivity index is 1.72. The minimum atomic E-state index is -1.51. The number of rotatable bonds is 4. The van der Waals surface area contributed by atoms with E-state index in [1.165, 1.54) is 0 Å². The number of nitrogens with zero attached hydrogens (tertiary/aromatic N) is 1. The van der Waals surface area contributed by atoms with E-state index in [1.54, 1.807) is 24.3 Å². The normalized spacial score (nSPS) is 22.6. The summed E-state index contributed by atoms with van der Waals surface area (Å²) in [6.45, 7) is 10.1. The molecule has 0 aromatic heterocycles. The van der Waals surface area contributed by atoms with Gasteiger partial charge in [-0.05, 0) is 37.6 Å². The van der Waals surface area contributed by atoms with Crippen LogP contribution in [0.3, 0.4) is 0 Å². The molecular weight excluding hydrogens is 486 g/mol. The van der Waals surface area contributed by atoms with Crippen molar-refractivity contribution in [2.75, 3.05) is 11.5 Å². The molecule has 1 saturated heterocycles. The second-order valence-electron chi connectivity index (χ2n) is 11.9. The van der Waals surface area contributed by atoms with Crippen molar-refractivity contribution in [1.82, 2.24) is 0 Å². The van der Waals surface area contributed by atoms with Crippen LogP contribution in [0.1, 0.15) is 71.0 Å². The summed E-state index contributed by atoms with van der Waals surface area (Å²) >= 11 is 0. The Bertz CT molecular complexity index is 1520. The average Bonchev–Trinajstić information content (AvgIpc) is 3.34. The Morgan fingerprint density at radius 3 is 2.23 bits per heavy atom. The fourth-order valence-corrected chi connectivity index (χ4v) is 6.91. The summed E-state index contributed by atoms with van der Waals surface area (Å²) in [7, 11) is 0. The van der Waals surface area contributed by atoms with Crippen LogP contribution in [0, 0.1) is 17.8 Å². The lowest BCUT2D eigenvalue weighted by Crippen LogP contribution is -2.49. The summed E-state index contributed by atoms with van der Waals surface area (Å²) in [6.07, 6.45) is 3.97. The number of ketones is 3. The van der Waals surface area contributed by atoms with Gasteiger partial charge in [-0.2, -0.15) is 0 Å². The van der Waals surface area contributed by atoms with Crippen molar-refractivity contribution in [3.63, 3.8) is 0 Å². The van der Waals surface area contributed by atoms with Crippen LogP contribution in [-0.4, -0.2) is 36.0 Å². The average molecular weight is 520 g/mol. The highest BCUT2D eigenvalue weighted by Gasteiger charge is 2.72. The van der Waals surface area contributed by atoms with Gasteiger partial charge in [-0.3, -0.25) is 14.4 Å². The molecule has 2 aliphatic heterocycles. The zero-order valence-corrected chi connectivity index (χ0v) is 23.0. The van der Waals surface area contributed by atoms with Crippen LogP contribution in [0.15, 0.2) is 72.8 Å². The van der Waals surface area contributed by atoms with Gasteiger partial charge >= 0.3 is 0 Å². The summed E-state index contributed by atoms with van der Waals surface area (Å²) in [5.74, 6) is -0.612. The highest BCUT2D eigenvalue weighted by Crippen LogP contribution is 2.62. The first-order chi connectivity index (χ1) is 18.6. The number of carbonyl (C=O) groups is 3. The SMILES string of the molecule is CCOc1ccccc1[C@H]1[C@H](C(=O)C(C)(C)C)N2c3ccc(C)cc3C=C[C@@H]2C12C(=O)c1ccccc1C2=O. The molecule has 0 saturated carbocycles. The first-order valence-corrected chi connectivity index (χ1v) is 13.6. The van der Waals surface area contributed by atoms with Crippen molar-refractivity contribution >= 4 is 29.1 Å². The van der Waals surface area contributed by atoms with Crippen molar-refractivity contribution in [3.8, 4) is 5.75 Å². The van der Waals surface area contributed by atoms with E-state index in [9.17, 15) is 14.4 Å². The highest BCUT2D eigenvalue weighted by atomic mass is 16.5. The minimum absolute atomic E-state index is 0.0148. The molecular formula is C34H33NO4. The van der Waals surface area contributed by atoms with Crippen LogP contribution in [-0.2, 0) is 4.79 Å². The number of ether oxygens (including phenoxy) is 1. The van der Waals surface area contributed by atoms with Crippen LogP contribution >= 0.6 is 0 Å². The van der Waals surface area contributed by atoms with E-state index in [4.69, 9.17) is 4.74 Å². The van der Waals surface area contributed by atoms with Gasteiger partial charge < -0.3 is 9.64 Å². The molecule has 3 aliphatic rings. The number of aryl methyl sites for hydroxylation is 1. The van der Waals surface area contributed by atoms with Gasteiger partial charge in [-0.15, -0.1) is 0 Å². The van der Waals surface area contributed by atoms with Gasteiger partial charge in [0, 0.05) is 33.7 Å². The summed E-state index contributed by atoms with van der Waals surface area (Å²) in [5, 5.41) is 0. The predicted octanol–water partition coefficient (Wildman–Crippen LogP) is 6.44. The van der Waals surface area contributed by atoms with Crippen LogP contribution < -0.4 is 9.64 Å². The maximum atomic E-state index is 14.7. The zero-order valence-electron chi connectivity index (χ0n) is 23.0. The van der Waals surface area contributed by atoms with E-state index < -0.39 is 28.8 Å². The molecule has 3 atom stereocenters. The lowest BCUT2D eigenvalue weighted by molar-refractivity contribution is -0.127. The molecule has 0 bridgehead atoms. The fourth-order valence-electron chi connectivity index (χ4n) is 6.91. The first kappa shape index (κ1) is 25.3. The van der Waals surface area contributed by atoms with Crippen LogP contribution in [0.5, 0.6) is 5.75 Å². The maximum Gasteiger partial charge on any atom is 0.180 e. The number of anilines is 1. The van der Waals surface area contributed by atoms with Crippen LogP contribution in [0.25, 0.3) is 6.08 Å². The third-order valence-corrected chi connectivity index (χ3v) is 8.52. The van der Waals surface area contributed by atoms with Crippen LogP contribution in [0.4, 0.5) is 5.69 Å². The summed E-state index contributed by atoms with van der Waals surface area (Å²) in [4.78, 5) is 46.0. The van der Waals surface area contributed by atoms with Gasteiger partial charge in [0.25, 0.3) is 0 Å². The highest BCUT2D eigenvalue weighted by molar-refractivity contribution is 6.32. The van der Waals surface area contributed by atoms with Gasteiger partial charge in [0.2, 0.25) is 0 Å². The molecule has 6 rings (SSSR count). The molecule has 5 heteroatoms. The Hall–Kier alpha value is -3.99. The van der Waals surface area contributed by atoms with E-state index >= 15 is 0 Å². The standard InChI is InChI=1S/C34H33NO4/c1-6-39-26-14-10-9-13-24(26)28-29(32(38)33(3,4)5)35-25-17-15-20(2)19-21(25)16-18-27(35)34(28)30(36)22-11-7-8-12-23(22)31(34)37/h7-19,27-29H,6H2,1-5H3/t27-,28+,29-/m1/s1. The predicted molar refractivity (Wildman–Crippen MR) is 153 cm³/mol. The molecule has 1 spiro atoms. The van der Waals surface area contributed by atoms with Crippen molar-refractivity contribution < 1.29 is 19.1 Å². The van der Waals surface area contributed by atoms with E-state index in [1.807, 2.05) is 83.2 Å². The molecule has 2 heterocycles. The lowest BCUT2D eigenvalue weighted by Gasteiger charge is -2.38. The fraction of sp³-hybridized carbons (Fsp3) is 0.324. The number of benzene rings is 3. The van der Waals surface area contributed by atoms with E-state index in [0.29, 0.717) is 29.0 Å². The summed E-state index contributed by atoms with van der Waals surface area (Å²) in [5.41, 5.74) is 2.27. The van der Waals surface area contributed by atoms with E-state index in [2.05, 4.69) is 11.0 Å². The van der Waals surface area contributed by atoms with Gasteiger partial charge in [0.05, 0.1) is 18.7 Å². The number of para-hydroxylation sites is 1. The van der Waals surface area contributed by atoms with Crippen molar-refractivity contribution in [3.05, 3.63) is 101 Å². The second kappa shape index (κ2) is 8.77. The molecule has 0 amide bonds. The maximum absolute atomic E-state index is 14.7. The lowest BCUT2D eigenvalue weighted by atomic mass is 9.63. The molecule has 198 valence electrons. The molecule has 0 radical (unpaired) electrons.